The minimum absolute atomic E-state index is 0.0420. The fourth-order valence-electron chi connectivity index (χ4n) is 2.36. The van der Waals surface area contributed by atoms with E-state index in [4.69, 9.17) is 20.8 Å². The average Bonchev–Trinajstić information content (AvgIpc) is 3.26. The van der Waals surface area contributed by atoms with Crippen molar-refractivity contribution in [3.05, 3.63) is 58.3 Å². The van der Waals surface area contributed by atoms with Crippen molar-refractivity contribution in [2.75, 3.05) is 5.75 Å². The number of para-hydroxylation sites is 1. The minimum Gasteiger partial charge on any atom is -0.484 e. The predicted molar refractivity (Wildman–Crippen MR) is 104 cm³/mol. The van der Waals surface area contributed by atoms with E-state index in [0.29, 0.717) is 27.0 Å². The summed E-state index contributed by atoms with van der Waals surface area (Å²) in [5, 5.41) is 11.1. The van der Waals surface area contributed by atoms with Gasteiger partial charge >= 0.3 is 6.18 Å². The highest BCUT2D eigenvalue weighted by molar-refractivity contribution is 7.99. The van der Waals surface area contributed by atoms with Crippen LogP contribution in [0.4, 0.5) is 13.2 Å². The Bertz CT molecular complexity index is 997. The third-order valence-electron chi connectivity index (χ3n) is 3.64. The lowest BCUT2D eigenvalue weighted by atomic mass is 10.2. The Hall–Kier alpha value is -2.46. The topological polar surface area (TPSA) is 65.4 Å². The van der Waals surface area contributed by atoms with Gasteiger partial charge in [0.2, 0.25) is 5.16 Å². The Morgan fingerprint density at radius 1 is 1.28 bits per heavy atom. The molecule has 3 aromatic rings. The molecule has 11 heteroatoms. The van der Waals surface area contributed by atoms with E-state index in [-0.39, 0.29) is 17.5 Å². The molecule has 0 saturated carbocycles. The molecule has 0 aliphatic rings. The van der Waals surface area contributed by atoms with Crippen LogP contribution in [0.3, 0.4) is 0 Å². The zero-order valence-corrected chi connectivity index (χ0v) is 17.0. The normalized spacial score (nSPS) is 12.1. The number of aryl methyl sites for hydroxylation is 1. The van der Waals surface area contributed by atoms with Crippen LogP contribution < -0.4 is 4.74 Å². The summed E-state index contributed by atoms with van der Waals surface area (Å²) in [4.78, 5) is 0. The van der Waals surface area contributed by atoms with Gasteiger partial charge < -0.3 is 9.15 Å². The smallest absolute Gasteiger partial charge is 0.453 e. The molecule has 154 valence electrons. The van der Waals surface area contributed by atoms with Crippen molar-refractivity contribution in [3.63, 3.8) is 0 Å². The second-order valence-corrected chi connectivity index (χ2v) is 7.41. The van der Waals surface area contributed by atoms with Crippen molar-refractivity contribution in [2.24, 2.45) is 5.10 Å². The average molecular weight is 445 g/mol. The summed E-state index contributed by atoms with van der Waals surface area (Å²) >= 11 is 7.21. The Kier molecular flexibility index (Phi) is 6.53. The number of furan rings is 1. The molecule has 0 spiro atoms. The number of hydrogen-bond acceptors (Lipinski definition) is 6. The maximum atomic E-state index is 13.1. The standard InChI is InChI=1S/C18H16ClF3N4O2S/c1-3-29-17-25-24-16(18(20,21)22)26(17)23-9-12-7-8-13(28-12)10-27-15-11(2)5-4-6-14(15)19/h4-9H,3,10H2,1-2H3/b23-9-. The van der Waals surface area contributed by atoms with Crippen LogP contribution in [-0.2, 0) is 12.8 Å². The maximum absolute atomic E-state index is 13.1. The Morgan fingerprint density at radius 3 is 2.76 bits per heavy atom. The summed E-state index contributed by atoms with van der Waals surface area (Å²) in [5.74, 6) is 0.590. The van der Waals surface area contributed by atoms with E-state index in [1.54, 1.807) is 25.1 Å². The highest BCUT2D eigenvalue weighted by atomic mass is 35.5. The van der Waals surface area contributed by atoms with Gasteiger partial charge in [-0.25, -0.2) is 0 Å². The molecule has 0 atom stereocenters. The molecule has 0 aliphatic heterocycles. The molecule has 0 amide bonds. The van der Waals surface area contributed by atoms with Crippen LogP contribution in [-0.4, -0.2) is 26.8 Å². The maximum Gasteiger partial charge on any atom is 0.453 e. The van der Waals surface area contributed by atoms with Crippen LogP contribution >= 0.6 is 23.4 Å². The molecule has 29 heavy (non-hydrogen) atoms. The molecule has 0 aliphatic carbocycles. The summed E-state index contributed by atoms with van der Waals surface area (Å²) in [5.41, 5.74) is 0.874. The summed E-state index contributed by atoms with van der Waals surface area (Å²) in [6.07, 6.45) is -3.51. The predicted octanol–water partition coefficient (Wildman–Crippen LogP) is 5.42. The highest BCUT2D eigenvalue weighted by Crippen LogP contribution is 2.31. The lowest BCUT2D eigenvalue weighted by Crippen LogP contribution is -2.13. The van der Waals surface area contributed by atoms with Crippen molar-refractivity contribution < 1.29 is 22.3 Å². The Labute approximate surface area is 173 Å². The Morgan fingerprint density at radius 2 is 2.07 bits per heavy atom. The molecule has 2 heterocycles. The summed E-state index contributed by atoms with van der Waals surface area (Å²) in [6.45, 7) is 3.76. The molecule has 0 radical (unpaired) electrons. The van der Waals surface area contributed by atoms with Crippen molar-refractivity contribution in [1.82, 2.24) is 14.9 Å². The fraction of sp³-hybridized carbons (Fsp3) is 0.278. The van der Waals surface area contributed by atoms with Crippen molar-refractivity contribution >= 4 is 29.6 Å². The van der Waals surface area contributed by atoms with Crippen LogP contribution in [0.15, 0.2) is 45.0 Å². The van der Waals surface area contributed by atoms with Crippen LogP contribution in [0.1, 0.15) is 29.8 Å². The molecular weight excluding hydrogens is 429 g/mol. The number of benzene rings is 1. The third-order valence-corrected chi connectivity index (χ3v) is 4.74. The first kappa shape index (κ1) is 21.3. The van der Waals surface area contributed by atoms with E-state index in [1.807, 2.05) is 19.1 Å². The number of ether oxygens (including phenoxy) is 1. The SMILES string of the molecule is CCSc1nnc(C(F)(F)F)n1/N=C\c1ccc(COc2c(C)cccc2Cl)o1. The van der Waals surface area contributed by atoms with Gasteiger partial charge in [-0.15, -0.1) is 10.2 Å². The van der Waals surface area contributed by atoms with Gasteiger partial charge in [-0.3, -0.25) is 0 Å². The summed E-state index contributed by atoms with van der Waals surface area (Å²) in [7, 11) is 0. The van der Waals surface area contributed by atoms with Crippen LogP contribution in [0.2, 0.25) is 5.02 Å². The van der Waals surface area contributed by atoms with Gasteiger partial charge in [0.1, 0.15) is 23.9 Å². The first-order chi connectivity index (χ1) is 13.8. The third kappa shape index (κ3) is 5.13. The molecule has 0 fully saturated rings. The van der Waals surface area contributed by atoms with E-state index < -0.39 is 12.0 Å². The lowest BCUT2D eigenvalue weighted by molar-refractivity contribution is -0.147. The summed E-state index contributed by atoms with van der Waals surface area (Å²) < 4.78 is 51.2. The van der Waals surface area contributed by atoms with Crippen molar-refractivity contribution in [3.8, 4) is 5.75 Å². The van der Waals surface area contributed by atoms with Gasteiger partial charge in [-0.2, -0.15) is 22.9 Å². The molecule has 0 unspecified atom stereocenters. The zero-order valence-electron chi connectivity index (χ0n) is 15.4. The first-order valence-corrected chi connectivity index (χ1v) is 9.82. The van der Waals surface area contributed by atoms with Gasteiger partial charge in [0.15, 0.2) is 0 Å². The number of nitrogens with zero attached hydrogens (tertiary/aromatic N) is 4. The molecule has 0 saturated heterocycles. The summed E-state index contributed by atoms with van der Waals surface area (Å²) in [6, 6.07) is 8.62. The number of rotatable bonds is 7. The highest BCUT2D eigenvalue weighted by Gasteiger charge is 2.38. The number of hydrogen-bond donors (Lipinski definition) is 0. The van der Waals surface area contributed by atoms with Gasteiger partial charge in [-0.05, 0) is 36.4 Å². The number of halogens is 4. The number of aromatic nitrogens is 3. The van der Waals surface area contributed by atoms with E-state index in [9.17, 15) is 13.2 Å². The van der Waals surface area contributed by atoms with Crippen LogP contribution in [0.5, 0.6) is 5.75 Å². The van der Waals surface area contributed by atoms with E-state index >= 15 is 0 Å². The molecule has 6 nitrogen and oxygen atoms in total. The molecule has 1 aromatic carbocycles. The van der Waals surface area contributed by atoms with Gasteiger partial charge in [0.25, 0.3) is 5.82 Å². The monoisotopic (exact) mass is 444 g/mol. The fourth-order valence-corrected chi connectivity index (χ4v) is 3.25. The largest absolute Gasteiger partial charge is 0.484 e. The quantitative estimate of drug-likeness (QED) is 0.359. The minimum atomic E-state index is -4.67. The van der Waals surface area contributed by atoms with Crippen LogP contribution in [0, 0.1) is 6.92 Å². The zero-order chi connectivity index (χ0) is 21.0. The lowest BCUT2D eigenvalue weighted by Gasteiger charge is -2.09. The van der Waals surface area contributed by atoms with E-state index in [2.05, 4.69) is 15.3 Å². The van der Waals surface area contributed by atoms with Gasteiger partial charge in [0, 0.05) is 0 Å². The van der Waals surface area contributed by atoms with Gasteiger partial charge in [-0.1, -0.05) is 42.4 Å². The molecular formula is C18H16ClF3N4O2S. The second-order valence-electron chi connectivity index (χ2n) is 5.77. The van der Waals surface area contributed by atoms with E-state index in [1.165, 1.54) is 6.21 Å². The Balaban J connectivity index is 1.75. The van der Waals surface area contributed by atoms with E-state index in [0.717, 1.165) is 17.3 Å². The second kappa shape index (κ2) is 8.91. The first-order valence-electron chi connectivity index (χ1n) is 8.46. The number of thioether (sulfide) groups is 1. The van der Waals surface area contributed by atoms with Crippen molar-refractivity contribution in [1.29, 1.82) is 0 Å². The molecule has 2 aromatic heterocycles. The van der Waals surface area contributed by atoms with Crippen molar-refractivity contribution in [2.45, 2.75) is 31.8 Å². The molecule has 0 bridgehead atoms. The van der Waals surface area contributed by atoms with Gasteiger partial charge in [0.05, 0.1) is 11.2 Å². The number of alkyl halides is 3. The molecule has 0 N–H and O–H groups in total. The molecule has 3 rings (SSSR count). The van der Waals surface area contributed by atoms with Crippen LogP contribution in [0.25, 0.3) is 0 Å².